The van der Waals surface area contributed by atoms with Crippen molar-refractivity contribution in [2.75, 3.05) is 6.61 Å². The van der Waals surface area contributed by atoms with E-state index in [9.17, 15) is 19.7 Å². The third-order valence-corrected chi connectivity index (χ3v) is 4.42. The predicted molar refractivity (Wildman–Crippen MR) is 112 cm³/mol. The zero-order valence-electron chi connectivity index (χ0n) is 16.6. The summed E-state index contributed by atoms with van der Waals surface area (Å²) in [4.78, 5) is 38.4. The van der Waals surface area contributed by atoms with Crippen molar-refractivity contribution < 1.29 is 28.7 Å². The Morgan fingerprint density at radius 3 is 2.68 bits per heavy atom. The van der Waals surface area contributed by atoms with Crippen molar-refractivity contribution in [1.82, 2.24) is 0 Å². The Morgan fingerprint density at radius 2 is 2.00 bits per heavy atom. The van der Waals surface area contributed by atoms with Crippen molar-refractivity contribution in [2.45, 2.75) is 20.3 Å². The molecule has 0 saturated heterocycles. The van der Waals surface area contributed by atoms with E-state index in [-0.39, 0.29) is 40.0 Å². The number of carbonyl (C=O) groups excluding carboxylic acids is 2. The number of esters is 2. The number of ether oxygens (including phenoxy) is 3. The summed E-state index contributed by atoms with van der Waals surface area (Å²) in [6.07, 6.45) is 1.66. The summed E-state index contributed by atoms with van der Waals surface area (Å²) < 4.78 is 15.9. The highest BCUT2D eigenvalue weighted by molar-refractivity contribution is 6.34. The Labute approximate surface area is 182 Å². The molecule has 1 heterocycles. The maximum absolute atomic E-state index is 12.3. The van der Waals surface area contributed by atoms with Gasteiger partial charge in [-0.2, -0.15) is 0 Å². The van der Waals surface area contributed by atoms with Crippen LogP contribution in [0, 0.1) is 10.1 Å². The molecule has 0 N–H and O–H groups in total. The Bertz CT molecular complexity index is 1120. The second-order valence-corrected chi connectivity index (χ2v) is 6.63. The normalized spacial score (nSPS) is 14.2. The number of hydrogen-bond acceptors (Lipinski definition) is 8. The summed E-state index contributed by atoms with van der Waals surface area (Å²) in [7, 11) is 0. The minimum atomic E-state index is -0.739. The lowest BCUT2D eigenvalue weighted by Gasteiger charge is -2.10. The molecule has 0 unspecified atom stereocenters. The summed E-state index contributed by atoms with van der Waals surface area (Å²) in [5.74, 6) is -0.691. The molecule has 0 atom stereocenters. The third-order valence-electron chi connectivity index (χ3n) is 4.10. The fourth-order valence-corrected chi connectivity index (χ4v) is 2.83. The molecule has 3 rings (SSSR count). The highest BCUT2D eigenvalue weighted by Gasteiger charge is 2.27. The van der Waals surface area contributed by atoms with Crippen LogP contribution in [0.1, 0.15) is 31.4 Å². The number of non-ortho nitro benzene ring substituents is 1. The molecule has 0 aliphatic carbocycles. The highest BCUT2D eigenvalue weighted by atomic mass is 35.5. The van der Waals surface area contributed by atoms with Gasteiger partial charge in [0, 0.05) is 18.6 Å². The zero-order chi connectivity index (χ0) is 22.5. The van der Waals surface area contributed by atoms with E-state index in [0.29, 0.717) is 17.9 Å². The van der Waals surface area contributed by atoms with Crippen LogP contribution in [0.3, 0.4) is 0 Å². The summed E-state index contributed by atoms with van der Waals surface area (Å²) in [5, 5.41) is 11.2. The van der Waals surface area contributed by atoms with Gasteiger partial charge in [0.2, 0.25) is 5.90 Å². The molecule has 0 saturated carbocycles. The highest BCUT2D eigenvalue weighted by Crippen LogP contribution is 2.31. The third kappa shape index (κ3) is 5.07. The lowest BCUT2D eigenvalue weighted by Crippen LogP contribution is -2.07. The van der Waals surface area contributed by atoms with Gasteiger partial charge in [-0.25, -0.2) is 9.79 Å². The van der Waals surface area contributed by atoms with E-state index in [0.717, 1.165) is 0 Å². The average molecular weight is 445 g/mol. The molecule has 10 heteroatoms. The average Bonchev–Trinajstić information content (AvgIpc) is 3.10. The zero-order valence-corrected chi connectivity index (χ0v) is 17.3. The standard InChI is InChI=1S/C21H17ClN2O7/c1-3-19(25)30-17-8-5-12(10-18(17)29-4-2)9-16-21(26)31-20(23-16)14-11-13(24(27)28)6-7-15(14)22/h5-11H,3-4H2,1-2H3/b16-9-. The predicted octanol–water partition coefficient (Wildman–Crippen LogP) is 4.31. The van der Waals surface area contributed by atoms with E-state index in [1.165, 1.54) is 24.3 Å². The fraction of sp³-hybridized carbons (Fsp3) is 0.190. The van der Waals surface area contributed by atoms with Crippen molar-refractivity contribution in [3.63, 3.8) is 0 Å². The molecule has 31 heavy (non-hydrogen) atoms. The SMILES string of the molecule is CCOc1cc(/C=C2\N=C(c3cc([N+](=O)[O-])ccc3Cl)OC2=O)ccc1OC(=O)CC. The molecule has 1 aliphatic rings. The van der Waals surface area contributed by atoms with E-state index in [4.69, 9.17) is 25.8 Å². The summed E-state index contributed by atoms with van der Waals surface area (Å²) in [6.45, 7) is 3.80. The Balaban J connectivity index is 1.95. The number of carbonyl (C=O) groups is 2. The van der Waals surface area contributed by atoms with E-state index in [1.807, 2.05) is 0 Å². The van der Waals surface area contributed by atoms with Crippen LogP contribution < -0.4 is 9.47 Å². The molecule has 2 aromatic carbocycles. The van der Waals surface area contributed by atoms with Gasteiger partial charge in [0.05, 0.1) is 22.1 Å². The number of cyclic esters (lactones) is 1. The molecule has 0 radical (unpaired) electrons. The first kappa shape index (κ1) is 22.0. The minimum Gasteiger partial charge on any atom is -0.490 e. The number of nitro groups is 1. The molecule has 9 nitrogen and oxygen atoms in total. The van der Waals surface area contributed by atoms with Gasteiger partial charge >= 0.3 is 11.9 Å². The van der Waals surface area contributed by atoms with E-state index in [2.05, 4.69) is 4.99 Å². The molecular formula is C21H17ClN2O7. The monoisotopic (exact) mass is 444 g/mol. The molecule has 0 bridgehead atoms. The van der Waals surface area contributed by atoms with Crippen LogP contribution in [0.15, 0.2) is 47.1 Å². The van der Waals surface area contributed by atoms with Crippen molar-refractivity contribution in [1.29, 1.82) is 0 Å². The van der Waals surface area contributed by atoms with Crippen LogP contribution in [-0.4, -0.2) is 29.4 Å². The largest absolute Gasteiger partial charge is 0.490 e. The fourth-order valence-electron chi connectivity index (χ4n) is 2.63. The van der Waals surface area contributed by atoms with Gasteiger partial charge in [0.25, 0.3) is 5.69 Å². The van der Waals surface area contributed by atoms with Crippen molar-refractivity contribution in [3.05, 3.63) is 68.4 Å². The molecule has 0 spiro atoms. The van der Waals surface area contributed by atoms with Crippen molar-refractivity contribution in [3.8, 4) is 11.5 Å². The van der Waals surface area contributed by atoms with Gasteiger partial charge in [-0.1, -0.05) is 24.6 Å². The molecule has 0 amide bonds. The van der Waals surface area contributed by atoms with Gasteiger partial charge in [0.15, 0.2) is 17.2 Å². The Hall–Kier alpha value is -3.72. The number of halogens is 1. The summed E-state index contributed by atoms with van der Waals surface area (Å²) in [5.41, 5.74) is 0.429. The van der Waals surface area contributed by atoms with E-state index >= 15 is 0 Å². The van der Waals surface area contributed by atoms with Crippen LogP contribution in [-0.2, 0) is 14.3 Å². The number of rotatable bonds is 7. The first-order chi connectivity index (χ1) is 14.8. The number of benzene rings is 2. The number of aliphatic imine (C=N–C) groups is 1. The van der Waals surface area contributed by atoms with Gasteiger partial charge in [-0.3, -0.25) is 14.9 Å². The summed E-state index contributed by atoms with van der Waals surface area (Å²) in [6, 6.07) is 8.51. The smallest absolute Gasteiger partial charge is 0.363 e. The van der Waals surface area contributed by atoms with Gasteiger partial charge in [-0.15, -0.1) is 0 Å². The lowest BCUT2D eigenvalue weighted by atomic mass is 10.1. The second-order valence-electron chi connectivity index (χ2n) is 6.22. The summed E-state index contributed by atoms with van der Waals surface area (Å²) >= 11 is 6.09. The Morgan fingerprint density at radius 1 is 1.23 bits per heavy atom. The molecule has 2 aromatic rings. The van der Waals surface area contributed by atoms with Gasteiger partial charge in [0.1, 0.15) is 0 Å². The first-order valence-electron chi connectivity index (χ1n) is 9.26. The quantitative estimate of drug-likeness (QED) is 0.205. The van der Waals surface area contributed by atoms with Gasteiger partial charge < -0.3 is 14.2 Å². The molecule has 0 fully saturated rings. The van der Waals surface area contributed by atoms with Gasteiger partial charge in [-0.05, 0) is 36.8 Å². The second kappa shape index (κ2) is 9.40. The maximum Gasteiger partial charge on any atom is 0.363 e. The van der Waals surface area contributed by atoms with Crippen LogP contribution in [0.2, 0.25) is 5.02 Å². The number of nitrogens with zero attached hydrogens (tertiary/aromatic N) is 2. The van der Waals surface area contributed by atoms with E-state index < -0.39 is 16.9 Å². The first-order valence-corrected chi connectivity index (χ1v) is 9.64. The Kier molecular flexibility index (Phi) is 6.66. The molecule has 1 aliphatic heterocycles. The van der Waals surface area contributed by atoms with Crippen LogP contribution in [0.4, 0.5) is 5.69 Å². The molecule has 0 aromatic heterocycles. The van der Waals surface area contributed by atoms with Crippen LogP contribution in [0.25, 0.3) is 6.08 Å². The lowest BCUT2D eigenvalue weighted by molar-refractivity contribution is -0.384. The molecule has 160 valence electrons. The topological polar surface area (TPSA) is 117 Å². The molecular weight excluding hydrogens is 428 g/mol. The van der Waals surface area contributed by atoms with Crippen LogP contribution in [0.5, 0.6) is 11.5 Å². The maximum atomic E-state index is 12.3. The van der Waals surface area contributed by atoms with Crippen molar-refractivity contribution in [2.24, 2.45) is 4.99 Å². The van der Waals surface area contributed by atoms with Crippen LogP contribution >= 0.6 is 11.6 Å². The number of nitro benzene ring substituents is 1. The van der Waals surface area contributed by atoms with E-state index in [1.54, 1.807) is 32.0 Å². The minimum absolute atomic E-state index is 0.0293. The van der Waals surface area contributed by atoms with Crippen molar-refractivity contribution >= 4 is 41.2 Å². The number of hydrogen-bond donors (Lipinski definition) is 0.